The second-order valence-corrected chi connectivity index (χ2v) is 6.85. The van der Waals surface area contributed by atoms with E-state index in [1.54, 1.807) is 11.3 Å². The third-order valence-corrected chi connectivity index (χ3v) is 4.47. The zero-order chi connectivity index (χ0) is 14.4. The summed E-state index contributed by atoms with van der Waals surface area (Å²) in [6, 6.07) is 14.3. The third kappa shape index (κ3) is 4.25. The van der Waals surface area contributed by atoms with Gasteiger partial charge in [0.2, 0.25) is 0 Å². The van der Waals surface area contributed by atoms with Crippen LogP contribution in [0.25, 0.3) is 0 Å². The van der Waals surface area contributed by atoms with Crippen molar-refractivity contribution in [2.75, 3.05) is 11.4 Å². The van der Waals surface area contributed by atoms with Crippen LogP contribution in [0.15, 0.2) is 51.4 Å². The summed E-state index contributed by atoms with van der Waals surface area (Å²) in [7, 11) is 0. The van der Waals surface area contributed by atoms with E-state index in [0.29, 0.717) is 13.0 Å². The Bertz CT molecular complexity index is 571. The van der Waals surface area contributed by atoms with Gasteiger partial charge in [-0.05, 0) is 40.2 Å². The first-order valence-electron chi connectivity index (χ1n) is 6.19. The van der Waals surface area contributed by atoms with Gasteiger partial charge in [0.05, 0.1) is 10.3 Å². The van der Waals surface area contributed by atoms with Crippen LogP contribution in [0, 0.1) is 0 Å². The predicted molar refractivity (Wildman–Crippen MR) is 87.5 cm³/mol. The Morgan fingerprint density at radius 2 is 2.00 bits per heavy atom. The lowest BCUT2D eigenvalue weighted by Gasteiger charge is -2.24. The first-order chi connectivity index (χ1) is 9.69. The van der Waals surface area contributed by atoms with E-state index < -0.39 is 0 Å². The quantitative estimate of drug-likeness (QED) is 0.360. The van der Waals surface area contributed by atoms with Gasteiger partial charge in [-0.15, -0.1) is 11.3 Å². The number of amidine groups is 1. The first-order valence-corrected chi connectivity index (χ1v) is 7.80. The molecule has 0 saturated heterocycles. The average Bonchev–Trinajstić information content (AvgIpc) is 2.89. The molecule has 0 aliphatic rings. The molecule has 0 fully saturated rings. The number of oxime groups is 1. The molecule has 0 radical (unpaired) electrons. The average molecular weight is 354 g/mol. The highest BCUT2D eigenvalue weighted by molar-refractivity contribution is 9.11. The molecule has 0 aliphatic heterocycles. The lowest BCUT2D eigenvalue weighted by atomic mass is 10.2. The normalized spacial score (nSPS) is 11.6. The maximum Gasteiger partial charge on any atom is 0.140 e. The Morgan fingerprint density at radius 1 is 1.25 bits per heavy atom. The van der Waals surface area contributed by atoms with Crippen molar-refractivity contribution >= 4 is 38.8 Å². The highest BCUT2D eigenvalue weighted by atomic mass is 79.9. The highest BCUT2D eigenvalue weighted by Gasteiger charge is 2.09. The molecule has 0 aliphatic carbocycles. The van der Waals surface area contributed by atoms with Crippen molar-refractivity contribution in [3.05, 3.63) is 51.1 Å². The van der Waals surface area contributed by atoms with E-state index in [2.05, 4.69) is 44.2 Å². The maximum atomic E-state index is 8.65. The largest absolute Gasteiger partial charge is 0.409 e. The smallest absolute Gasteiger partial charge is 0.140 e. The Labute approximate surface area is 130 Å². The summed E-state index contributed by atoms with van der Waals surface area (Å²) in [5.74, 6) is 0.248. The molecule has 0 unspecified atom stereocenters. The van der Waals surface area contributed by atoms with Crippen molar-refractivity contribution in [1.82, 2.24) is 0 Å². The molecule has 0 atom stereocenters. The van der Waals surface area contributed by atoms with Crippen molar-refractivity contribution in [2.45, 2.75) is 13.0 Å². The van der Waals surface area contributed by atoms with Gasteiger partial charge < -0.3 is 15.8 Å². The lowest BCUT2D eigenvalue weighted by Crippen LogP contribution is -2.27. The zero-order valence-electron chi connectivity index (χ0n) is 10.9. The van der Waals surface area contributed by atoms with Gasteiger partial charge in [-0.25, -0.2) is 0 Å². The molecule has 3 N–H and O–H groups in total. The number of benzene rings is 1. The van der Waals surface area contributed by atoms with Gasteiger partial charge in [0.15, 0.2) is 0 Å². The van der Waals surface area contributed by atoms with Gasteiger partial charge in [0, 0.05) is 23.5 Å². The van der Waals surface area contributed by atoms with Crippen LogP contribution in [0.3, 0.4) is 0 Å². The van der Waals surface area contributed by atoms with Crippen LogP contribution in [0.5, 0.6) is 0 Å². The molecule has 2 rings (SSSR count). The Balaban J connectivity index is 2.11. The number of thiophene rings is 1. The summed E-state index contributed by atoms with van der Waals surface area (Å²) in [6.07, 6.45) is 0.526. The second kappa shape index (κ2) is 7.31. The number of hydrogen-bond acceptors (Lipinski definition) is 4. The zero-order valence-corrected chi connectivity index (χ0v) is 13.3. The van der Waals surface area contributed by atoms with Crippen molar-refractivity contribution < 1.29 is 5.21 Å². The van der Waals surface area contributed by atoms with Crippen molar-refractivity contribution in [3.8, 4) is 0 Å². The highest BCUT2D eigenvalue weighted by Crippen LogP contribution is 2.25. The molecular formula is C14H16BrN3OS. The van der Waals surface area contributed by atoms with Gasteiger partial charge in [-0.1, -0.05) is 23.4 Å². The number of rotatable bonds is 6. The third-order valence-electron chi connectivity index (χ3n) is 2.86. The van der Waals surface area contributed by atoms with Crippen molar-refractivity contribution in [3.63, 3.8) is 0 Å². The summed E-state index contributed by atoms with van der Waals surface area (Å²) >= 11 is 5.19. The SMILES string of the molecule is N/C(CCN(Cc1ccc(Br)s1)c1ccccc1)=N\O. The van der Waals surface area contributed by atoms with Crippen LogP contribution in [-0.2, 0) is 6.54 Å². The van der Waals surface area contributed by atoms with Gasteiger partial charge >= 0.3 is 0 Å². The van der Waals surface area contributed by atoms with E-state index in [0.717, 1.165) is 16.0 Å². The first kappa shape index (κ1) is 14.9. The lowest BCUT2D eigenvalue weighted by molar-refractivity contribution is 0.317. The Morgan fingerprint density at radius 3 is 2.60 bits per heavy atom. The van der Waals surface area contributed by atoms with Crippen molar-refractivity contribution in [2.24, 2.45) is 10.9 Å². The minimum atomic E-state index is 0.248. The number of para-hydroxylation sites is 1. The molecule has 4 nitrogen and oxygen atoms in total. The molecule has 1 heterocycles. The number of nitrogens with two attached hydrogens (primary N) is 1. The van der Waals surface area contributed by atoms with Crippen LogP contribution in [0.4, 0.5) is 5.69 Å². The van der Waals surface area contributed by atoms with Crippen LogP contribution in [-0.4, -0.2) is 17.6 Å². The molecule has 20 heavy (non-hydrogen) atoms. The van der Waals surface area contributed by atoms with Gasteiger partial charge in [0.25, 0.3) is 0 Å². The van der Waals surface area contributed by atoms with Crippen molar-refractivity contribution in [1.29, 1.82) is 0 Å². The van der Waals surface area contributed by atoms with Crippen LogP contribution in [0.2, 0.25) is 0 Å². The fraction of sp³-hybridized carbons (Fsp3) is 0.214. The summed E-state index contributed by atoms with van der Waals surface area (Å²) < 4.78 is 1.12. The molecule has 0 saturated carbocycles. The minimum absolute atomic E-state index is 0.248. The van der Waals surface area contributed by atoms with Gasteiger partial charge in [-0.3, -0.25) is 0 Å². The number of halogens is 1. The molecule has 0 spiro atoms. The summed E-state index contributed by atoms with van der Waals surface area (Å²) in [6.45, 7) is 1.51. The number of nitrogens with zero attached hydrogens (tertiary/aromatic N) is 2. The van der Waals surface area contributed by atoms with E-state index in [1.807, 2.05) is 24.3 Å². The van der Waals surface area contributed by atoms with Gasteiger partial charge in [-0.2, -0.15) is 0 Å². The molecule has 1 aromatic carbocycles. The fourth-order valence-corrected chi connectivity index (χ4v) is 3.36. The molecule has 0 amide bonds. The van der Waals surface area contributed by atoms with Crippen LogP contribution >= 0.6 is 27.3 Å². The van der Waals surface area contributed by atoms with Crippen LogP contribution in [0.1, 0.15) is 11.3 Å². The standard InChI is InChI=1S/C14H16BrN3OS/c15-13-7-6-12(20-13)10-18(9-8-14(16)17-19)11-4-2-1-3-5-11/h1-7,19H,8-10H2,(H2,16,17). The summed E-state index contributed by atoms with van der Waals surface area (Å²) in [5, 5.41) is 11.7. The Kier molecular flexibility index (Phi) is 5.43. The Hall–Kier alpha value is -1.53. The van der Waals surface area contributed by atoms with Crippen LogP contribution < -0.4 is 10.6 Å². The number of hydrogen-bond donors (Lipinski definition) is 2. The van der Waals surface area contributed by atoms with E-state index in [1.165, 1.54) is 4.88 Å². The van der Waals surface area contributed by atoms with E-state index in [9.17, 15) is 0 Å². The maximum absolute atomic E-state index is 8.65. The summed E-state index contributed by atoms with van der Waals surface area (Å²) in [4.78, 5) is 3.48. The monoisotopic (exact) mass is 353 g/mol. The van der Waals surface area contributed by atoms with E-state index in [-0.39, 0.29) is 5.84 Å². The predicted octanol–water partition coefficient (Wildman–Crippen LogP) is 3.65. The van der Waals surface area contributed by atoms with Gasteiger partial charge in [0.1, 0.15) is 5.84 Å². The molecule has 6 heteroatoms. The second-order valence-electron chi connectivity index (χ2n) is 4.30. The van der Waals surface area contributed by atoms with E-state index in [4.69, 9.17) is 10.9 Å². The number of anilines is 1. The molecular weight excluding hydrogens is 338 g/mol. The fourth-order valence-electron chi connectivity index (χ4n) is 1.86. The van der Waals surface area contributed by atoms with E-state index >= 15 is 0 Å². The topological polar surface area (TPSA) is 61.8 Å². The molecule has 1 aromatic heterocycles. The molecule has 0 bridgehead atoms. The molecule has 2 aromatic rings. The minimum Gasteiger partial charge on any atom is -0.409 e. The summed E-state index contributed by atoms with van der Waals surface area (Å²) in [5.41, 5.74) is 6.69. The molecule has 106 valence electrons.